The van der Waals surface area contributed by atoms with Crippen molar-refractivity contribution in [3.8, 4) is 0 Å². The summed E-state index contributed by atoms with van der Waals surface area (Å²) in [7, 11) is -2.03. The second-order valence-corrected chi connectivity index (χ2v) is 6.17. The molecular formula is C12H18N2O3S. The van der Waals surface area contributed by atoms with Crippen molar-refractivity contribution in [2.24, 2.45) is 0 Å². The van der Waals surface area contributed by atoms with E-state index in [1.54, 1.807) is 18.2 Å². The van der Waals surface area contributed by atoms with E-state index in [-0.39, 0.29) is 17.0 Å². The molecule has 18 heavy (non-hydrogen) atoms. The van der Waals surface area contributed by atoms with Gasteiger partial charge in [0.2, 0.25) is 10.0 Å². The number of ether oxygens (including phenoxy) is 1. The van der Waals surface area contributed by atoms with Gasteiger partial charge >= 0.3 is 0 Å². The molecule has 2 rings (SSSR count). The molecule has 0 amide bonds. The van der Waals surface area contributed by atoms with E-state index >= 15 is 0 Å². The number of rotatable bonds is 4. The molecule has 5 nitrogen and oxygen atoms in total. The van der Waals surface area contributed by atoms with E-state index in [2.05, 4.69) is 10.0 Å². The number of hydrogen-bond donors (Lipinski definition) is 2. The molecule has 1 saturated heterocycles. The van der Waals surface area contributed by atoms with Crippen LogP contribution in [0.2, 0.25) is 0 Å². The van der Waals surface area contributed by atoms with Crippen molar-refractivity contribution in [2.45, 2.75) is 30.4 Å². The van der Waals surface area contributed by atoms with Crippen LogP contribution in [-0.4, -0.2) is 34.2 Å². The molecular weight excluding hydrogens is 252 g/mol. The van der Waals surface area contributed by atoms with E-state index in [0.29, 0.717) is 12.3 Å². The Morgan fingerprint density at radius 3 is 2.67 bits per heavy atom. The highest BCUT2D eigenvalue weighted by molar-refractivity contribution is 7.89. The lowest BCUT2D eigenvalue weighted by Crippen LogP contribution is -2.28. The Bertz CT molecular complexity index is 516. The summed E-state index contributed by atoms with van der Waals surface area (Å²) >= 11 is 0. The van der Waals surface area contributed by atoms with Crippen LogP contribution in [0.25, 0.3) is 0 Å². The van der Waals surface area contributed by atoms with Crippen LogP contribution in [0, 0.1) is 0 Å². The molecule has 1 aromatic carbocycles. The molecule has 1 fully saturated rings. The van der Waals surface area contributed by atoms with Crippen LogP contribution in [0.5, 0.6) is 0 Å². The third-order valence-electron chi connectivity index (χ3n) is 3.16. The van der Waals surface area contributed by atoms with Gasteiger partial charge in [0.25, 0.3) is 0 Å². The average molecular weight is 270 g/mol. The monoisotopic (exact) mass is 270 g/mol. The zero-order valence-corrected chi connectivity index (χ0v) is 11.3. The maximum atomic E-state index is 11.9. The largest absolute Gasteiger partial charge is 0.379 e. The Kier molecular flexibility index (Phi) is 3.89. The molecule has 0 radical (unpaired) electrons. The summed E-state index contributed by atoms with van der Waals surface area (Å²) in [4.78, 5) is 0.270. The number of sulfonamides is 1. The second kappa shape index (κ2) is 5.26. The Morgan fingerprint density at radius 1 is 1.33 bits per heavy atom. The molecule has 6 heteroatoms. The fourth-order valence-corrected chi connectivity index (χ4v) is 2.95. The van der Waals surface area contributed by atoms with Gasteiger partial charge in [0.1, 0.15) is 4.90 Å². The first-order valence-electron chi connectivity index (χ1n) is 5.95. The quantitative estimate of drug-likeness (QED) is 0.862. The minimum absolute atomic E-state index is 0.0929. The molecule has 2 unspecified atom stereocenters. The fourth-order valence-electron chi connectivity index (χ4n) is 2.05. The van der Waals surface area contributed by atoms with Gasteiger partial charge in [-0.2, -0.15) is 0 Å². The Hall–Kier alpha value is -1.11. The number of para-hydroxylation sites is 1. The van der Waals surface area contributed by atoms with Crippen LogP contribution in [-0.2, 0) is 14.8 Å². The van der Waals surface area contributed by atoms with Gasteiger partial charge in [-0.3, -0.25) is 0 Å². The molecule has 0 aliphatic carbocycles. The minimum Gasteiger partial charge on any atom is -0.379 e. The predicted octanol–water partition coefficient (Wildman–Crippen LogP) is 1.18. The molecule has 100 valence electrons. The van der Waals surface area contributed by atoms with E-state index in [1.165, 1.54) is 7.05 Å². The van der Waals surface area contributed by atoms with Gasteiger partial charge in [-0.1, -0.05) is 12.1 Å². The van der Waals surface area contributed by atoms with E-state index in [4.69, 9.17) is 4.74 Å². The molecule has 0 spiro atoms. The van der Waals surface area contributed by atoms with Gasteiger partial charge in [-0.05, 0) is 32.5 Å². The highest BCUT2D eigenvalue weighted by Gasteiger charge is 2.26. The number of benzene rings is 1. The number of nitrogens with one attached hydrogen (secondary N) is 2. The minimum atomic E-state index is -3.44. The summed E-state index contributed by atoms with van der Waals surface area (Å²) in [5.41, 5.74) is 0.620. The third-order valence-corrected chi connectivity index (χ3v) is 4.63. The fraction of sp³-hybridized carbons (Fsp3) is 0.500. The molecule has 0 aromatic heterocycles. The van der Waals surface area contributed by atoms with Crippen molar-refractivity contribution in [3.05, 3.63) is 24.3 Å². The Morgan fingerprint density at radius 2 is 2.06 bits per heavy atom. The second-order valence-electron chi connectivity index (χ2n) is 4.32. The van der Waals surface area contributed by atoms with Crippen LogP contribution in [0.1, 0.15) is 13.3 Å². The molecule has 0 bridgehead atoms. The standard InChI is InChI=1S/C12H18N2O3S/c1-9-10(7-8-17-9)14-11-5-3-4-6-12(11)18(15,16)13-2/h3-6,9-10,13-14H,7-8H2,1-2H3. The SMILES string of the molecule is CNS(=O)(=O)c1ccccc1NC1CCOC1C. The van der Waals surface area contributed by atoms with Crippen LogP contribution < -0.4 is 10.0 Å². The first-order chi connectivity index (χ1) is 8.54. The van der Waals surface area contributed by atoms with E-state index in [9.17, 15) is 8.42 Å². The Balaban J connectivity index is 2.28. The van der Waals surface area contributed by atoms with Crippen molar-refractivity contribution in [2.75, 3.05) is 19.0 Å². The van der Waals surface area contributed by atoms with Crippen molar-refractivity contribution < 1.29 is 13.2 Å². The maximum Gasteiger partial charge on any atom is 0.242 e. The first kappa shape index (κ1) is 13.3. The van der Waals surface area contributed by atoms with Crippen molar-refractivity contribution in [1.29, 1.82) is 0 Å². The Labute approximate surface area is 108 Å². The maximum absolute atomic E-state index is 11.9. The van der Waals surface area contributed by atoms with Gasteiger partial charge in [-0.15, -0.1) is 0 Å². The summed E-state index contributed by atoms with van der Waals surface area (Å²) in [6.45, 7) is 2.69. The molecule has 2 N–H and O–H groups in total. The van der Waals surface area contributed by atoms with Crippen molar-refractivity contribution in [1.82, 2.24) is 4.72 Å². The molecule has 2 atom stereocenters. The molecule has 1 aromatic rings. The van der Waals surface area contributed by atoms with Crippen molar-refractivity contribution >= 4 is 15.7 Å². The highest BCUT2D eigenvalue weighted by atomic mass is 32.2. The smallest absolute Gasteiger partial charge is 0.242 e. The molecule has 1 aliphatic rings. The van der Waals surface area contributed by atoms with E-state index in [0.717, 1.165) is 6.42 Å². The van der Waals surface area contributed by atoms with Crippen LogP contribution >= 0.6 is 0 Å². The summed E-state index contributed by atoms with van der Waals surface area (Å²) in [5, 5.41) is 3.26. The van der Waals surface area contributed by atoms with Crippen LogP contribution in [0.3, 0.4) is 0 Å². The summed E-state index contributed by atoms with van der Waals surface area (Å²) < 4.78 is 31.6. The highest BCUT2D eigenvalue weighted by Crippen LogP contribution is 2.24. The third kappa shape index (κ3) is 2.66. The lowest BCUT2D eigenvalue weighted by Gasteiger charge is -2.19. The van der Waals surface area contributed by atoms with Crippen LogP contribution in [0.4, 0.5) is 5.69 Å². The van der Waals surface area contributed by atoms with Crippen molar-refractivity contribution in [3.63, 3.8) is 0 Å². The number of hydrogen-bond acceptors (Lipinski definition) is 4. The molecule has 1 aliphatic heterocycles. The zero-order chi connectivity index (χ0) is 13.2. The van der Waals surface area contributed by atoms with Gasteiger partial charge in [-0.25, -0.2) is 13.1 Å². The predicted molar refractivity (Wildman–Crippen MR) is 70.1 cm³/mol. The van der Waals surface area contributed by atoms with E-state index in [1.807, 2.05) is 13.0 Å². The lowest BCUT2D eigenvalue weighted by atomic mass is 10.1. The lowest BCUT2D eigenvalue weighted by molar-refractivity contribution is 0.121. The van der Waals surface area contributed by atoms with Gasteiger partial charge in [0, 0.05) is 6.61 Å². The first-order valence-corrected chi connectivity index (χ1v) is 7.43. The number of anilines is 1. The average Bonchev–Trinajstić information content (AvgIpc) is 2.76. The topological polar surface area (TPSA) is 67.4 Å². The van der Waals surface area contributed by atoms with E-state index < -0.39 is 10.0 Å². The zero-order valence-electron chi connectivity index (χ0n) is 10.5. The normalized spacial score (nSPS) is 24.1. The molecule has 1 heterocycles. The summed E-state index contributed by atoms with van der Waals surface area (Å²) in [6, 6.07) is 7.05. The summed E-state index contributed by atoms with van der Waals surface area (Å²) in [5.74, 6) is 0. The van der Waals surface area contributed by atoms with Gasteiger partial charge in [0.05, 0.1) is 17.8 Å². The van der Waals surface area contributed by atoms with Gasteiger partial charge in [0.15, 0.2) is 0 Å². The molecule has 0 saturated carbocycles. The van der Waals surface area contributed by atoms with Gasteiger partial charge < -0.3 is 10.1 Å². The van der Waals surface area contributed by atoms with Crippen LogP contribution in [0.15, 0.2) is 29.2 Å². The summed E-state index contributed by atoms with van der Waals surface area (Å²) in [6.07, 6.45) is 0.977.